The molecule has 3 aliphatic heterocycles. The van der Waals surface area contributed by atoms with Gasteiger partial charge in [0.25, 0.3) is 0 Å². The van der Waals surface area contributed by atoms with E-state index in [9.17, 15) is 9.59 Å². The van der Waals surface area contributed by atoms with E-state index in [4.69, 9.17) is 0 Å². The van der Waals surface area contributed by atoms with Gasteiger partial charge in [-0.1, -0.05) is 6.92 Å². The summed E-state index contributed by atoms with van der Waals surface area (Å²) in [5.74, 6) is 0.467. The van der Waals surface area contributed by atoms with Crippen molar-refractivity contribution in [3.8, 4) is 0 Å². The van der Waals surface area contributed by atoms with Gasteiger partial charge in [-0.05, 0) is 37.8 Å². The number of aromatic nitrogens is 1. The zero-order chi connectivity index (χ0) is 16.4. The molecule has 0 saturated carbocycles. The lowest BCUT2D eigenvalue weighted by atomic mass is 9.94. The van der Waals surface area contributed by atoms with E-state index < -0.39 is 0 Å². The van der Waals surface area contributed by atoms with Crippen molar-refractivity contribution < 1.29 is 9.59 Å². The molecule has 4 heterocycles. The van der Waals surface area contributed by atoms with E-state index >= 15 is 0 Å². The molecule has 0 aliphatic carbocycles. The van der Waals surface area contributed by atoms with Gasteiger partial charge in [0.05, 0.1) is 5.92 Å². The molecule has 2 bridgehead atoms. The molecule has 1 aromatic heterocycles. The van der Waals surface area contributed by atoms with E-state index in [1.54, 1.807) is 0 Å². The van der Waals surface area contributed by atoms with E-state index in [1.165, 1.54) is 5.69 Å². The highest BCUT2D eigenvalue weighted by atomic mass is 16.2. The Hall–Kier alpha value is -1.78. The van der Waals surface area contributed by atoms with Crippen molar-refractivity contribution in [1.82, 2.24) is 14.4 Å². The largest absolute Gasteiger partial charge is 0.354 e. The van der Waals surface area contributed by atoms with Gasteiger partial charge in [0.2, 0.25) is 11.8 Å². The molecular formula is C18H27N3O2. The van der Waals surface area contributed by atoms with Crippen molar-refractivity contribution >= 4 is 11.8 Å². The second-order valence-corrected chi connectivity index (χ2v) is 6.87. The molecule has 0 N–H and O–H groups in total. The SMILES string of the molecule is CCCN1C(=O)[C@H]2CC[C@@H]1CN(C(=O)CCc1cccn1C)C2. The van der Waals surface area contributed by atoms with Gasteiger partial charge >= 0.3 is 0 Å². The van der Waals surface area contributed by atoms with Gasteiger partial charge < -0.3 is 14.4 Å². The van der Waals surface area contributed by atoms with Crippen LogP contribution in [0.3, 0.4) is 0 Å². The summed E-state index contributed by atoms with van der Waals surface area (Å²) in [5.41, 5.74) is 1.18. The summed E-state index contributed by atoms with van der Waals surface area (Å²) in [4.78, 5) is 29.1. The molecule has 23 heavy (non-hydrogen) atoms. The number of hydrogen-bond acceptors (Lipinski definition) is 2. The summed E-state index contributed by atoms with van der Waals surface area (Å²) in [5, 5.41) is 0. The number of amides is 2. The molecule has 3 fully saturated rings. The van der Waals surface area contributed by atoms with Crippen LogP contribution in [-0.4, -0.2) is 51.9 Å². The first kappa shape index (κ1) is 16.1. The van der Waals surface area contributed by atoms with Crippen molar-refractivity contribution in [2.24, 2.45) is 13.0 Å². The molecule has 3 aliphatic rings. The number of nitrogens with zero attached hydrogens (tertiary/aromatic N) is 3. The van der Waals surface area contributed by atoms with Crippen LogP contribution in [0.15, 0.2) is 18.3 Å². The molecule has 126 valence electrons. The molecule has 5 nitrogen and oxygen atoms in total. The number of fused-ring (bicyclic) bond motifs is 4. The van der Waals surface area contributed by atoms with Crippen LogP contribution in [-0.2, 0) is 23.1 Å². The molecule has 0 aromatic carbocycles. The number of rotatable bonds is 5. The van der Waals surface area contributed by atoms with Gasteiger partial charge in [0, 0.05) is 51.0 Å². The van der Waals surface area contributed by atoms with Crippen LogP contribution in [0.2, 0.25) is 0 Å². The zero-order valence-electron chi connectivity index (χ0n) is 14.2. The molecule has 0 radical (unpaired) electrons. The number of aryl methyl sites for hydroxylation is 2. The molecule has 5 heteroatoms. The van der Waals surface area contributed by atoms with Gasteiger partial charge in [-0.2, -0.15) is 0 Å². The molecule has 2 amide bonds. The normalized spacial score (nSPS) is 24.2. The van der Waals surface area contributed by atoms with Gasteiger partial charge in [-0.25, -0.2) is 0 Å². The first-order valence-corrected chi connectivity index (χ1v) is 8.78. The van der Waals surface area contributed by atoms with Crippen molar-refractivity contribution in [3.63, 3.8) is 0 Å². The Morgan fingerprint density at radius 1 is 1.30 bits per heavy atom. The molecule has 3 saturated heterocycles. The summed E-state index contributed by atoms with van der Waals surface area (Å²) in [6, 6.07) is 4.29. The average Bonchev–Trinajstić information content (AvgIpc) is 2.76. The van der Waals surface area contributed by atoms with Crippen LogP contribution in [0.25, 0.3) is 0 Å². The van der Waals surface area contributed by atoms with Gasteiger partial charge in [-0.15, -0.1) is 0 Å². The smallest absolute Gasteiger partial charge is 0.227 e. The summed E-state index contributed by atoms with van der Waals surface area (Å²) >= 11 is 0. The Labute approximate surface area is 138 Å². The summed E-state index contributed by atoms with van der Waals surface area (Å²) in [6.07, 6.45) is 6.26. The van der Waals surface area contributed by atoms with Gasteiger partial charge in [0.1, 0.15) is 0 Å². The quantitative estimate of drug-likeness (QED) is 0.831. The number of carbonyl (C=O) groups is 2. The molecule has 2 atom stereocenters. The van der Waals surface area contributed by atoms with E-state index in [0.717, 1.165) is 32.2 Å². The molecule has 0 unspecified atom stereocenters. The van der Waals surface area contributed by atoms with Crippen LogP contribution < -0.4 is 0 Å². The molecule has 4 rings (SSSR count). The lowest BCUT2D eigenvalue weighted by Gasteiger charge is -2.35. The third kappa shape index (κ3) is 3.28. The first-order chi connectivity index (χ1) is 11.1. The van der Waals surface area contributed by atoms with Crippen LogP contribution in [0.1, 0.15) is 38.3 Å². The Kier molecular flexibility index (Phi) is 4.74. The standard InChI is InChI=1S/C18H27N3O2/c1-3-10-21-16-7-6-14(18(21)23)12-20(13-16)17(22)9-8-15-5-4-11-19(15)2/h4-5,11,14,16H,3,6-10,12-13H2,1-2H3/t14-,16+/m0/s1. The summed E-state index contributed by atoms with van der Waals surface area (Å²) < 4.78 is 2.06. The molecule has 0 spiro atoms. The van der Waals surface area contributed by atoms with Crippen LogP contribution >= 0.6 is 0 Å². The second kappa shape index (κ2) is 6.77. The Morgan fingerprint density at radius 2 is 2.13 bits per heavy atom. The fraction of sp³-hybridized carbons (Fsp3) is 0.667. The number of hydrogen-bond donors (Lipinski definition) is 0. The Balaban J connectivity index is 1.63. The minimum absolute atomic E-state index is 0.0132. The van der Waals surface area contributed by atoms with Crippen LogP contribution in [0.4, 0.5) is 0 Å². The maximum atomic E-state index is 12.6. The Morgan fingerprint density at radius 3 is 2.83 bits per heavy atom. The van der Waals surface area contributed by atoms with E-state index in [-0.39, 0.29) is 23.8 Å². The second-order valence-electron chi connectivity index (χ2n) is 6.87. The summed E-state index contributed by atoms with van der Waals surface area (Å²) in [7, 11) is 2.01. The third-order valence-electron chi connectivity index (χ3n) is 5.26. The first-order valence-electron chi connectivity index (χ1n) is 8.78. The maximum absolute atomic E-state index is 12.6. The van der Waals surface area contributed by atoms with Gasteiger partial charge in [0.15, 0.2) is 0 Å². The lowest BCUT2D eigenvalue weighted by Crippen LogP contribution is -2.48. The highest BCUT2D eigenvalue weighted by molar-refractivity contribution is 5.83. The van der Waals surface area contributed by atoms with Gasteiger partial charge in [-0.3, -0.25) is 9.59 Å². The maximum Gasteiger partial charge on any atom is 0.227 e. The fourth-order valence-corrected chi connectivity index (χ4v) is 3.93. The average molecular weight is 317 g/mol. The predicted octanol–water partition coefficient (Wildman–Crippen LogP) is 1.82. The van der Waals surface area contributed by atoms with Crippen LogP contribution in [0, 0.1) is 5.92 Å². The van der Waals surface area contributed by atoms with Crippen molar-refractivity contribution in [1.29, 1.82) is 0 Å². The number of piperidine rings is 1. The zero-order valence-corrected chi connectivity index (χ0v) is 14.2. The fourth-order valence-electron chi connectivity index (χ4n) is 3.93. The highest BCUT2D eigenvalue weighted by Gasteiger charge is 2.41. The van der Waals surface area contributed by atoms with E-state index in [0.29, 0.717) is 19.5 Å². The monoisotopic (exact) mass is 317 g/mol. The predicted molar refractivity (Wildman–Crippen MR) is 88.8 cm³/mol. The minimum Gasteiger partial charge on any atom is -0.354 e. The topological polar surface area (TPSA) is 45.6 Å². The van der Waals surface area contributed by atoms with Crippen molar-refractivity contribution in [3.05, 3.63) is 24.0 Å². The van der Waals surface area contributed by atoms with Crippen molar-refractivity contribution in [2.75, 3.05) is 19.6 Å². The minimum atomic E-state index is 0.0132. The molecular weight excluding hydrogens is 290 g/mol. The van der Waals surface area contributed by atoms with E-state index in [2.05, 4.69) is 17.6 Å². The van der Waals surface area contributed by atoms with E-state index in [1.807, 2.05) is 29.1 Å². The molecule has 1 aromatic rings. The van der Waals surface area contributed by atoms with Crippen molar-refractivity contribution in [2.45, 2.75) is 45.1 Å². The summed E-state index contributed by atoms with van der Waals surface area (Å²) in [6.45, 7) is 4.26. The highest BCUT2D eigenvalue weighted by Crippen LogP contribution is 2.29. The Bertz CT molecular complexity index is 581. The van der Waals surface area contributed by atoms with Crippen LogP contribution in [0.5, 0.6) is 0 Å². The third-order valence-corrected chi connectivity index (χ3v) is 5.26. The number of carbonyl (C=O) groups excluding carboxylic acids is 2. The lowest BCUT2D eigenvalue weighted by molar-refractivity contribution is -0.139.